The average molecular weight is 501 g/mol. The van der Waals surface area contributed by atoms with Gasteiger partial charge in [0.1, 0.15) is 0 Å². The number of nitrogens with zero attached hydrogens (tertiary/aromatic N) is 1. The topological polar surface area (TPSA) is 54.9 Å². The second-order valence-electron chi connectivity index (χ2n) is 6.16. The highest BCUT2D eigenvalue weighted by Gasteiger charge is 2.26. The van der Waals surface area contributed by atoms with Crippen LogP contribution in [-0.4, -0.2) is 45.0 Å². The Balaban J connectivity index is 0.00000364. The SMILES string of the molecule is CN=C(NCCC(F)(F)F)NCc1cccc(COC2CCOCC2)c1.I. The predicted octanol–water partition coefficient (Wildman–Crippen LogP) is 3.62. The van der Waals surface area contributed by atoms with Crippen molar-refractivity contribution in [2.45, 2.75) is 44.7 Å². The quantitative estimate of drug-likeness (QED) is 0.341. The van der Waals surface area contributed by atoms with Gasteiger partial charge in [0.2, 0.25) is 0 Å². The maximum Gasteiger partial charge on any atom is 0.390 e. The molecular formula is C18H27F3IN3O2. The zero-order chi connectivity index (χ0) is 18.8. The van der Waals surface area contributed by atoms with E-state index in [1.807, 2.05) is 24.3 Å². The van der Waals surface area contributed by atoms with Crippen molar-refractivity contribution in [2.24, 2.45) is 4.99 Å². The van der Waals surface area contributed by atoms with E-state index in [0.717, 1.165) is 37.2 Å². The van der Waals surface area contributed by atoms with Gasteiger partial charge in [-0.25, -0.2) is 0 Å². The zero-order valence-electron chi connectivity index (χ0n) is 15.3. The summed E-state index contributed by atoms with van der Waals surface area (Å²) in [5.41, 5.74) is 2.08. The van der Waals surface area contributed by atoms with Gasteiger partial charge in [0.15, 0.2) is 5.96 Å². The molecule has 27 heavy (non-hydrogen) atoms. The van der Waals surface area contributed by atoms with Gasteiger partial charge in [-0.2, -0.15) is 13.2 Å². The summed E-state index contributed by atoms with van der Waals surface area (Å²) in [5.74, 6) is 0.345. The molecule has 0 amide bonds. The Morgan fingerprint density at radius 3 is 2.59 bits per heavy atom. The average Bonchev–Trinajstić information content (AvgIpc) is 2.63. The molecule has 1 aliphatic rings. The molecule has 0 radical (unpaired) electrons. The van der Waals surface area contributed by atoms with Gasteiger partial charge >= 0.3 is 6.18 Å². The lowest BCUT2D eigenvalue weighted by molar-refractivity contribution is -0.132. The molecule has 2 N–H and O–H groups in total. The molecule has 9 heteroatoms. The third-order valence-corrected chi connectivity index (χ3v) is 4.03. The van der Waals surface area contributed by atoms with Crippen LogP contribution in [0.25, 0.3) is 0 Å². The number of ether oxygens (including phenoxy) is 2. The molecule has 0 unspecified atom stereocenters. The largest absolute Gasteiger partial charge is 0.390 e. The molecule has 1 fully saturated rings. The Bertz CT molecular complexity index is 579. The third kappa shape index (κ3) is 10.2. The van der Waals surface area contributed by atoms with E-state index < -0.39 is 12.6 Å². The highest BCUT2D eigenvalue weighted by Crippen LogP contribution is 2.18. The lowest BCUT2D eigenvalue weighted by Gasteiger charge is -2.22. The number of guanidine groups is 1. The Kier molecular flexibility index (Phi) is 11.0. The third-order valence-electron chi connectivity index (χ3n) is 4.03. The number of nitrogens with one attached hydrogen (secondary N) is 2. The number of hydrogen-bond acceptors (Lipinski definition) is 3. The first kappa shape index (κ1) is 24.0. The molecule has 0 aromatic heterocycles. The zero-order valence-corrected chi connectivity index (χ0v) is 17.7. The molecule has 0 saturated carbocycles. The van der Waals surface area contributed by atoms with E-state index in [2.05, 4.69) is 15.6 Å². The second kappa shape index (κ2) is 12.4. The smallest absolute Gasteiger partial charge is 0.381 e. The normalized spacial score (nSPS) is 15.9. The molecule has 1 saturated heterocycles. The van der Waals surface area contributed by atoms with Gasteiger partial charge < -0.3 is 20.1 Å². The van der Waals surface area contributed by atoms with Crippen molar-refractivity contribution in [3.8, 4) is 0 Å². The summed E-state index contributed by atoms with van der Waals surface area (Å²) < 4.78 is 47.8. The lowest BCUT2D eigenvalue weighted by atomic mass is 10.1. The number of benzene rings is 1. The molecule has 0 bridgehead atoms. The standard InChI is InChI=1S/C18H26F3N3O2.HI/c1-22-17(23-8-7-18(19,20)21)24-12-14-3-2-4-15(11-14)13-26-16-5-9-25-10-6-16;/h2-4,11,16H,5-10,12-13H2,1H3,(H2,22,23,24);1H. The Morgan fingerprint density at radius 2 is 1.93 bits per heavy atom. The number of alkyl halides is 3. The summed E-state index contributed by atoms with van der Waals surface area (Å²) in [6.45, 7) is 2.29. The Labute approximate surface area is 175 Å². The summed E-state index contributed by atoms with van der Waals surface area (Å²) in [4.78, 5) is 3.93. The van der Waals surface area contributed by atoms with Crippen LogP contribution in [0.4, 0.5) is 13.2 Å². The van der Waals surface area contributed by atoms with E-state index in [4.69, 9.17) is 9.47 Å². The monoisotopic (exact) mass is 501 g/mol. The van der Waals surface area contributed by atoms with Crippen LogP contribution in [0.2, 0.25) is 0 Å². The molecule has 1 aliphatic heterocycles. The predicted molar refractivity (Wildman–Crippen MR) is 109 cm³/mol. The number of halogens is 4. The van der Waals surface area contributed by atoms with Crippen molar-refractivity contribution in [1.82, 2.24) is 10.6 Å². The molecule has 1 heterocycles. The Morgan fingerprint density at radius 1 is 1.22 bits per heavy atom. The van der Waals surface area contributed by atoms with Crippen LogP contribution < -0.4 is 10.6 Å². The van der Waals surface area contributed by atoms with E-state index >= 15 is 0 Å². The van der Waals surface area contributed by atoms with E-state index in [9.17, 15) is 13.2 Å². The number of rotatable bonds is 7. The van der Waals surface area contributed by atoms with Gasteiger partial charge in [-0.15, -0.1) is 24.0 Å². The van der Waals surface area contributed by atoms with Crippen molar-refractivity contribution in [2.75, 3.05) is 26.8 Å². The molecule has 1 aromatic carbocycles. The first-order chi connectivity index (χ1) is 12.5. The van der Waals surface area contributed by atoms with Gasteiger partial charge in [-0.1, -0.05) is 24.3 Å². The molecule has 154 valence electrons. The highest BCUT2D eigenvalue weighted by atomic mass is 127. The fraction of sp³-hybridized carbons (Fsp3) is 0.611. The Hall–Kier alpha value is -1.07. The molecule has 2 rings (SSSR count). The van der Waals surface area contributed by atoms with Gasteiger partial charge in [0, 0.05) is 33.4 Å². The van der Waals surface area contributed by atoms with Gasteiger partial charge in [0.25, 0.3) is 0 Å². The minimum Gasteiger partial charge on any atom is -0.381 e. The second-order valence-corrected chi connectivity index (χ2v) is 6.16. The minimum absolute atomic E-state index is 0. The molecular weight excluding hydrogens is 474 g/mol. The van der Waals surface area contributed by atoms with Crippen LogP contribution in [0.15, 0.2) is 29.3 Å². The molecule has 1 aromatic rings. The van der Waals surface area contributed by atoms with Crippen LogP contribution in [0.5, 0.6) is 0 Å². The van der Waals surface area contributed by atoms with Crippen LogP contribution in [0.1, 0.15) is 30.4 Å². The number of hydrogen-bond donors (Lipinski definition) is 2. The minimum atomic E-state index is -4.18. The van der Waals surface area contributed by atoms with Crippen molar-refractivity contribution in [3.63, 3.8) is 0 Å². The summed E-state index contributed by atoms with van der Waals surface area (Å²) in [6.07, 6.45) is -3.00. The molecule has 0 spiro atoms. The van der Waals surface area contributed by atoms with E-state index in [1.165, 1.54) is 7.05 Å². The fourth-order valence-electron chi connectivity index (χ4n) is 2.62. The highest BCUT2D eigenvalue weighted by molar-refractivity contribution is 14.0. The summed E-state index contributed by atoms with van der Waals surface area (Å²) >= 11 is 0. The van der Waals surface area contributed by atoms with Gasteiger partial charge in [-0.3, -0.25) is 4.99 Å². The molecule has 0 atom stereocenters. The van der Waals surface area contributed by atoms with Crippen molar-refractivity contribution >= 4 is 29.9 Å². The van der Waals surface area contributed by atoms with Crippen LogP contribution in [0.3, 0.4) is 0 Å². The summed E-state index contributed by atoms with van der Waals surface area (Å²) in [5, 5.41) is 5.68. The van der Waals surface area contributed by atoms with E-state index in [-0.39, 0.29) is 36.6 Å². The first-order valence-corrected chi connectivity index (χ1v) is 8.75. The van der Waals surface area contributed by atoms with Crippen LogP contribution in [-0.2, 0) is 22.6 Å². The molecule has 5 nitrogen and oxygen atoms in total. The van der Waals surface area contributed by atoms with E-state index in [0.29, 0.717) is 19.1 Å². The lowest BCUT2D eigenvalue weighted by Crippen LogP contribution is -2.38. The maximum absolute atomic E-state index is 12.2. The summed E-state index contributed by atoms with van der Waals surface area (Å²) in [6, 6.07) is 7.92. The van der Waals surface area contributed by atoms with Crippen molar-refractivity contribution in [3.05, 3.63) is 35.4 Å². The van der Waals surface area contributed by atoms with Gasteiger partial charge in [-0.05, 0) is 24.0 Å². The van der Waals surface area contributed by atoms with Crippen molar-refractivity contribution < 1.29 is 22.6 Å². The number of aliphatic imine (C=N–C) groups is 1. The fourth-order valence-corrected chi connectivity index (χ4v) is 2.62. The summed E-state index contributed by atoms with van der Waals surface area (Å²) in [7, 11) is 1.53. The van der Waals surface area contributed by atoms with Gasteiger partial charge in [0.05, 0.1) is 19.1 Å². The molecule has 0 aliphatic carbocycles. The van der Waals surface area contributed by atoms with E-state index in [1.54, 1.807) is 0 Å². The van der Waals surface area contributed by atoms with Crippen LogP contribution >= 0.6 is 24.0 Å². The van der Waals surface area contributed by atoms with Crippen molar-refractivity contribution in [1.29, 1.82) is 0 Å². The van der Waals surface area contributed by atoms with Crippen LogP contribution in [0, 0.1) is 0 Å². The maximum atomic E-state index is 12.2. The first-order valence-electron chi connectivity index (χ1n) is 8.75.